The molecule has 1 aromatic rings. The molecule has 0 saturated heterocycles. The summed E-state index contributed by atoms with van der Waals surface area (Å²) in [6.45, 7) is 3.93. The van der Waals surface area contributed by atoms with Gasteiger partial charge in [-0.3, -0.25) is 4.99 Å². The first-order chi connectivity index (χ1) is 10.6. The molecule has 2 atom stereocenters. The van der Waals surface area contributed by atoms with Crippen molar-refractivity contribution in [1.82, 2.24) is 15.5 Å². The van der Waals surface area contributed by atoms with E-state index in [4.69, 9.17) is 4.42 Å². The number of guanidine groups is 1. The number of nitrogens with one attached hydrogen (secondary N) is 2. The van der Waals surface area contributed by atoms with Crippen molar-refractivity contribution in [3.63, 3.8) is 0 Å². The Morgan fingerprint density at radius 3 is 2.78 bits per heavy atom. The minimum Gasteiger partial charge on any atom is -0.467 e. The summed E-state index contributed by atoms with van der Waals surface area (Å²) in [6, 6.07) is 3.86. The van der Waals surface area contributed by atoms with Crippen LogP contribution in [0.4, 0.5) is 0 Å². The summed E-state index contributed by atoms with van der Waals surface area (Å²) in [4.78, 5) is 6.70. The molecule has 0 spiro atoms. The van der Waals surface area contributed by atoms with Crippen LogP contribution in [0.3, 0.4) is 0 Å². The lowest BCUT2D eigenvalue weighted by molar-refractivity contribution is 0.0795. The van der Waals surface area contributed by atoms with Gasteiger partial charge in [0.2, 0.25) is 0 Å². The van der Waals surface area contributed by atoms with Crippen LogP contribution in [-0.2, 0) is 6.54 Å². The van der Waals surface area contributed by atoms with Gasteiger partial charge in [-0.05, 0) is 45.0 Å². The molecular weight excluding hydrogens is 403 g/mol. The van der Waals surface area contributed by atoms with Crippen molar-refractivity contribution in [3.8, 4) is 0 Å². The summed E-state index contributed by atoms with van der Waals surface area (Å²) in [6.07, 6.45) is 6.83. The Labute approximate surface area is 157 Å². The van der Waals surface area contributed by atoms with E-state index in [0.717, 1.165) is 24.2 Å². The molecule has 1 saturated carbocycles. The summed E-state index contributed by atoms with van der Waals surface area (Å²) in [5.41, 5.74) is 0.222. The van der Waals surface area contributed by atoms with Crippen molar-refractivity contribution in [2.24, 2.45) is 10.9 Å². The van der Waals surface area contributed by atoms with E-state index < -0.39 is 0 Å². The molecule has 132 valence electrons. The number of likely N-dealkylation sites (N-methyl/N-ethyl adjacent to an activating group) is 1. The Bertz CT molecular complexity index is 475. The monoisotopic (exact) mass is 434 g/mol. The van der Waals surface area contributed by atoms with Gasteiger partial charge in [0.05, 0.1) is 12.8 Å². The summed E-state index contributed by atoms with van der Waals surface area (Å²) < 4.78 is 5.34. The van der Waals surface area contributed by atoms with Crippen LogP contribution in [-0.4, -0.2) is 44.1 Å². The lowest BCUT2D eigenvalue weighted by atomic mass is 9.75. The third-order valence-electron chi connectivity index (χ3n) is 4.83. The van der Waals surface area contributed by atoms with Gasteiger partial charge < -0.3 is 20.0 Å². The van der Waals surface area contributed by atoms with Crippen molar-refractivity contribution in [3.05, 3.63) is 24.2 Å². The van der Waals surface area contributed by atoms with Gasteiger partial charge in [0.25, 0.3) is 0 Å². The van der Waals surface area contributed by atoms with E-state index in [9.17, 15) is 0 Å². The SMILES string of the molecule is CN=C(NCc1ccco1)NCC1(N(C)C)CCCC(C)C1.I. The van der Waals surface area contributed by atoms with Crippen LogP contribution in [0.1, 0.15) is 38.4 Å². The highest BCUT2D eigenvalue weighted by atomic mass is 127. The van der Waals surface area contributed by atoms with E-state index in [1.807, 2.05) is 19.2 Å². The Morgan fingerprint density at radius 2 is 2.22 bits per heavy atom. The van der Waals surface area contributed by atoms with Crippen LogP contribution in [0, 0.1) is 5.92 Å². The predicted molar refractivity (Wildman–Crippen MR) is 106 cm³/mol. The zero-order valence-corrected chi connectivity index (χ0v) is 17.1. The molecule has 1 aliphatic rings. The van der Waals surface area contributed by atoms with E-state index in [0.29, 0.717) is 6.54 Å². The molecule has 2 unspecified atom stereocenters. The first-order valence-corrected chi connectivity index (χ1v) is 8.20. The van der Waals surface area contributed by atoms with Crippen molar-refractivity contribution in [2.75, 3.05) is 27.7 Å². The van der Waals surface area contributed by atoms with Gasteiger partial charge in [-0.1, -0.05) is 19.8 Å². The topological polar surface area (TPSA) is 52.8 Å². The quantitative estimate of drug-likeness (QED) is 0.425. The molecule has 2 rings (SSSR count). The van der Waals surface area contributed by atoms with Crippen LogP contribution in [0.25, 0.3) is 0 Å². The molecule has 0 radical (unpaired) electrons. The number of rotatable bonds is 5. The first-order valence-electron chi connectivity index (χ1n) is 8.20. The Balaban J connectivity index is 0.00000264. The zero-order valence-electron chi connectivity index (χ0n) is 14.8. The van der Waals surface area contributed by atoms with Crippen molar-refractivity contribution >= 4 is 29.9 Å². The van der Waals surface area contributed by atoms with Gasteiger partial charge >= 0.3 is 0 Å². The van der Waals surface area contributed by atoms with E-state index in [1.54, 1.807) is 6.26 Å². The molecule has 0 bridgehead atoms. The summed E-state index contributed by atoms with van der Waals surface area (Å²) in [7, 11) is 6.20. The van der Waals surface area contributed by atoms with Crippen molar-refractivity contribution < 1.29 is 4.42 Å². The first kappa shape index (κ1) is 20.3. The van der Waals surface area contributed by atoms with Crippen LogP contribution in [0.2, 0.25) is 0 Å². The van der Waals surface area contributed by atoms with Gasteiger partial charge in [-0.25, -0.2) is 0 Å². The maximum atomic E-state index is 5.34. The fourth-order valence-corrected chi connectivity index (χ4v) is 3.41. The van der Waals surface area contributed by atoms with Crippen LogP contribution in [0.5, 0.6) is 0 Å². The third kappa shape index (κ3) is 5.67. The van der Waals surface area contributed by atoms with Gasteiger partial charge in [-0.2, -0.15) is 0 Å². The summed E-state index contributed by atoms with van der Waals surface area (Å²) in [5.74, 6) is 2.53. The van der Waals surface area contributed by atoms with Gasteiger partial charge in [0.1, 0.15) is 5.76 Å². The molecule has 1 heterocycles. The van der Waals surface area contributed by atoms with Gasteiger partial charge in [0.15, 0.2) is 5.96 Å². The maximum absolute atomic E-state index is 5.34. The predicted octanol–water partition coefficient (Wildman–Crippen LogP) is 3.07. The highest BCUT2D eigenvalue weighted by Gasteiger charge is 2.36. The summed E-state index contributed by atoms with van der Waals surface area (Å²) >= 11 is 0. The van der Waals surface area contributed by atoms with Gasteiger partial charge in [-0.15, -0.1) is 24.0 Å². The maximum Gasteiger partial charge on any atom is 0.191 e. The Morgan fingerprint density at radius 1 is 1.43 bits per heavy atom. The molecule has 0 amide bonds. The van der Waals surface area contributed by atoms with E-state index in [1.165, 1.54) is 25.7 Å². The second kappa shape index (κ2) is 9.52. The van der Waals surface area contributed by atoms with Crippen molar-refractivity contribution in [1.29, 1.82) is 0 Å². The standard InChI is InChI=1S/C17H30N4O.HI/c1-14-7-5-9-17(11-14,21(3)4)13-20-16(18-2)19-12-15-8-6-10-22-15;/h6,8,10,14H,5,7,9,11-13H2,1-4H3,(H2,18,19,20);1H. The van der Waals surface area contributed by atoms with Gasteiger partial charge in [0, 0.05) is 19.1 Å². The molecule has 2 N–H and O–H groups in total. The van der Waals surface area contributed by atoms with Crippen LogP contribution < -0.4 is 10.6 Å². The number of halogens is 1. The zero-order chi connectivity index (χ0) is 16.0. The smallest absolute Gasteiger partial charge is 0.191 e. The molecule has 0 aromatic carbocycles. The molecule has 1 aromatic heterocycles. The number of aliphatic imine (C=N–C) groups is 1. The minimum absolute atomic E-state index is 0. The average molecular weight is 434 g/mol. The number of nitrogens with zero attached hydrogens (tertiary/aromatic N) is 2. The number of hydrogen-bond acceptors (Lipinski definition) is 3. The van der Waals surface area contributed by atoms with E-state index >= 15 is 0 Å². The van der Waals surface area contributed by atoms with Crippen LogP contribution in [0.15, 0.2) is 27.8 Å². The Kier molecular flexibility index (Phi) is 8.39. The molecule has 6 heteroatoms. The average Bonchev–Trinajstić information content (AvgIpc) is 3.00. The number of furan rings is 1. The Hall–Kier alpha value is -0.760. The highest BCUT2D eigenvalue weighted by molar-refractivity contribution is 14.0. The molecule has 1 aliphatic carbocycles. The fourth-order valence-electron chi connectivity index (χ4n) is 3.41. The lowest BCUT2D eigenvalue weighted by Crippen LogP contribution is -2.56. The third-order valence-corrected chi connectivity index (χ3v) is 4.83. The molecule has 1 fully saturated rings. The van der Waals surface area contributed by atoms with Crippen LogP contribution >= 0.6 is 24.0 Å². The largest absolute Gasteiger partial charge is 0.467 e. The molecule has 5 nitrogen and oxygen atoms in total. The molecule has 0 aliphatic heterocycles. The molecule has 23 heavy (non-hydrogen) atoms. The minimum atomic E-state index is 0. The number of hydrogen-bond donors (Lipinski definition) is 2. The fraction of sp³-hybridized carbons (Fsp3) is 0.706. The summed E-state index contributed by atoms with van der Waals surface area (Å²) in [5, 5.41) is 6.81. The lowest BCUT2D eigenvalue weighted by Gasteiger charge is -2.45. The second-order valence-electron chi connectivity index (χ2n) is 6.68. The normalized spacial score (nSPS) is 25.1. The van der Waals surface area contributed by atoms with Crippen molar-refractivity contribution in [2.45, 2.75) is 44.7 Å². The highest BCUT2D eigenvalue weighted by Crippen LogP contribution is 2.35. The molecular formula is C17H31IN4O. The van der Waals surface area contributed by atoms with E-state index in [-0.39, 0.29) is 29.5 Å². The van der Waals surface area contributed by atoms with E-state index in [2.05, 4.69) is 41.5 Å². The second-order valence-corrected chi connectivity index (χ2v) is 6.68.